The molecule has 62 heavy (non-hydrogen) atoms. The number of pyridine rings is 1. The fourth-order valence-corrected chi connectivity index (χ4v) is 9.97. The van der Waals surface area contributed by atoms with E-state index in [4.69, 9.17) is 15.5 Å². The van der Waals surface area contributed by atoms with Gasteiger partial charge in [0.15, 0.2) is 5.82 Å². The molecule has 3 saturated heterocycles. The van der Waals surface area contributed by atoms with Gasteiger partial charge in [0.2, 0.25) is 5.91 Å². The summed E-state index contributed by atoms with van der Waals surface area (Å²) < 4.78 is 8.70. The van der Waals surface area contributed by atoms with Crippen LogP contribution in [0.15, 0.2) is 73.1 Å². The van der Waals surface area contributed by atoms with Gasteiger partial charge in [-0.05, 0) is 105 Å². The Bertz CT molecular complexity index is 2490. The zero-order valence-electron chi connectivity index (χ0n) is 35.2. The van der Waals surface area contributed by atoms with Gasteiger partial charge < -0.3 is 29.9 Å². The van der Waals surface area contributed by atoms with Crippen LogP contribution in [-0.4, -0.2) is 111 Å². The van der Waals surface area contributed by atoms with Crippen LogP contribution in [0.1, 0.15) is 91.4 Å². The summed E-state index contributed by atoms with van der Waals surface area (Å²) in [7, 11) is 0. The summed E-state index contributed by atoms with van der Waals surface area (Å²) in [4.78, 5) is 51.3. The van der Waals surface area contributed by atoms with Gasteiger partial charge in [-0.2, -0.15) is 0 Å². The molecule has 15 nitrogen and oxygen atoms in total. The normalized spacial score (nSPS) is 23.8. The minimum Gasteiger partial charge on any atom is -0.507 e. The molecule has 0 radical (unpaired) electrons. The average molecular weight is 839 g/mol. The Morgan fingerprint density at radius 3 is 2.45 bits per heavy atom. The van der Waals surface area contributed by atoms with E-state index >= 15 is 0 Å². The summed E-state index contributed by atoms with van der Waals surface area (Å²) in [5, 5.41) is 22.5. The number of para-hydroxylation sites is 1. The van der Waals surface area contributed by atoms with Crippen molar-refractivity contribution in [3.8, 4) is 17.0 Å². The predicted molar refractivity (Wildman–Crippen MR) is 236 cm³/mol. The first kappa shape index (κ1) is 40.0. The molecule has 4 amide bonds. The molecule has 5 fully saturated rings. The fourth-order valence-electron chi connectivity index (χ4n) is 9.97. The minimum atomic E-state index is -0.379. The van der Waals surface area contributed by atoms with Crippen molar-refractivity contribution < 1.29 is 24.2 Å². The average Bonchev–Trinajstić information content (AvgIpc) is 4.07. The van der Waals surface area contributed by atoms with E-state index in [2.05, 4.69) is 49.1 Å². The maximum absolute atomic E-state index is 13.7. The van der Waals surface area contributed by atoms with Gasteiger partial charge in [-0.1, -0.05) is 24.3 Å². The van der Waals surface area contributed by atoms with E-state index in [-0.39, 0.29) is 35.7 Å². The molecule has 4 N–H and O–H groups in total. The highest BCUT2D eigenvalue weighted by Gasteiger charge is 2.34. The molecule has 322 valence electrons. The van der Waals surface area contributed by atoms with Crippen LogP contribution < -0.4 is 20.9 Å². The van der Waals surface area contributed by atoms with Crippen molar-refractivity contribution in [2.75, 3.05) is 68.0 Å². The number of nitrogen functional groups attached to an aromatic ring is 1. The number of fused-ring (bicyclic) bond motifs is 1. The lowest BCUT2D eigenvalue weighted by Crippen LogP contribution is -2.50. The Hall–Kier alpha value is -6.06. The number of nitrogens with two attached hydrogens (primary N) is 1. The first-order valence-corrected chi connectivity index (χ1v) is 22.2. The number of benzene rings is 2. The van der Waals surface area contributed by atoms with Crippen molar-refractivity contribution in [3.05, 3.63) is 89.7 Å². The van der Waals surface area contributed by atoms with Crippen molar-refractivity contribution in [1.82, 2.24) is 34.9 Å². The highest BCUT2D eigenvalue weighted by atomic mass is 16.5. The molecule has 2 aliphatic carbocycles. The van der Waals surface area contributed by atoms with Gasteiger partial charge in [0.25, 0.3) is 5.91 Å². The lowest BCUT2D eigenvalue weighted by molar-refractivity contribution is -0.120. The first-order valence-electron chi connectivity index (χ1n) is 22.2. The second kappa shape index (κ2) is 16.7. The Morgan fingerprint density at radius 1 is 0.935 bits per heavy atom. The van der Waals surface area contributed by atoms with E-state index < -0.39 is 0 Å². The Labute approximate surface area is 360 Å². The smallest absolute Gasteiger partial charge is 0.328 e. The van der Waals surface area contributed by atoms with Gasteiger partial charge in [0, 0.05) is 87.0 Å². The number of anilines is 3. The van der Waals surface area contributed by atoms with E-state index in [0.29, 0.717) is 79.7 Å². The maximum Gasteiger partial charge on any atom is 0.328 e. The molecule has 3 aliphatic heterocycles. The standard InChI is InChI=1S/C47H54N10O5/c1-29-28-62-42(27-56(29)40-23-39(51-52-44(40)48)36-4-2-3-5-41(36)58)32-10-12-33(13-11-32)46(60)54-20-18-53(19-21-54)25-30-6-14-34(15-7-30)57-26-38(31-8-9-31)37-22-35(24-49-45(37)57)55-17-16-43(59)50-47(55)61/h2-5,10-13,22-24,26,29-31,34,42,58H,6-9,14-21,25,27-28H2,1H3,(H2,48,52)(H,50,59,61)/t29-,30?,34?,42+/m1/s1. The van der Waals surface area contributed by atoms with Gasteiger partial charge in [-0.15, -0.1) is 10.2 Å². The number of morpholine rings is 1. The summed E-state index contributed by atoms with van der Waals surface area (Å²) in [5.74, 6) is 1.44. The lowest BCUT2D eigenvalue weighted by Gasteiger charge is -2.40. The van der Waals surface area contributed by atoms with Gasteiger partial charge in [0.1, 0.15) is 17.5 Å². The zero-order valence-corrected chi connectivity index (χ0v) is 35.2. The fraction of sp³-hybridized carbons (Fsp3) is 0.447. The number of carbonyl (C=O) groups excluding carboxylic acids is 3. The van der Waals surface area contributed by atoms with Crippen molar-refractivity contribution >= 4 is 46.1 Å². The zero-order chi connectivity index (χ0) is 42.5. The van der Waals surface area contributed by atoms with E-state index in [1.807, 2.05) is 41.3 Å². The van der Waals surface area contributed by atoms with Crippen molar-refractivity contribution in [2.45, 2.75) is 76.0 Å². The predicted octanol–water partition coefficient (Wildman–Crippen LogP) is 6.26. The van der Waals surface area contributed by atoms with Gasteiger partial charge in [0.05, 0.1) is 29.9 Å². The Morgan fingerprint density at radius 2 is 1.71 bits per heavy atom. The topological polar surface area (TPSA) is 175 Å². The number of imide groups is 1. The first-order chi connectivity index (χ1) is 30.2. The van der Waals surface area contributed by atoms with Crippen molar-refractivity contribution in [3.63, 3.8) is 0 Å². The summed E-state index contributed by atoms with van der Waals surface area (Å²) in [6, 6.07) is 18.9. The van der Waals surface area contributed by atoms with Crippen LogP contribution in [0.2, 0.25) is 0 Å². The highest BCUT2D eigenvalue weighted by molar-refractivity contribution is 6.06. The van der Waals surface area contributed by atoms with Gasteiger partial charge in [-0.25, -0.2) is 9.78 Å². The highest BCUT2D eigenvalue weighted by Crippen LogP contribution is 2.46. The van der Waals surface area contributed by atoms with Crippen molar-refractivity contribution in [2.24, 2.45) is 5.92 Å². The maximum atomic E-state index is 13.7. The van der Waals surface area contributed by atoms with E-state index in [9.17, 15) is 19.5 Å². The van der Waals surface area contributed by atoms with Gasteiger partial charge in [-0.3, -0.25) is 24.7 Å². The summed E-state index contributed by atoms with van der Waals surface area (Å²) in [5.41, 5.74) is 13.0. The molecular formula is C47H54N10O5. The molecule has 3 aromatic heterocycles. The number of nitrogens with zero attached hydrogens (tertiary/aromatic N) is 8. The van der Waals surface area contributed by atoms with Crippen molar-refractivity contribution in [1.29, 1.82) is 0 Å². The second-order valence-corrected chi connectivity index (χ2v) is 17.8. The number of hydrogen-bond donors (Lipinski definition) is 3. The van der Waals surface area contributed by atoms with E-state index in [1.54, 1.807) is 29.3 Å². The van der Waals surface area contributed by atoms with E-state index in [1.165, 1.54) is 18.4 Å². The molecule has 5 aliphatic rings. The largest absolute Gasteiger partial charge is 0.507 e. The number of phenolic OH excluding ortho intramolecular Hbond substituents is 1. The number of aromatic hydroxyl groups is 1. The summed E-state index contributed by atoms with van der Waals surface area (Å²) in [6.07, 6.45) is 11.1. The molecule has 2 aromatic carbocycles. The van der Waals surface area contributed by atoms with Crippen LogP contribution in [0.4, 0.5) is 22.0 Å². The second-order valence-electron chi connectivity index (χ2n) is 17.8. The Kier molecular flexibility index (Phi) is 10.8. The van der Waals surface area contributed by atoms with Crippen LogP contribution in [0, 0.1) is 5.92 Å². The number of aromatic nitrogens is 4. The third-order valence-electron chi connectivity index (χ3n) is 13.7. The van der Waals surface area contributed by atoms with Crippen LogP contribution >= 0.6 is 0 Å². The van der Waals surface area contributed by atoms with Crippen LogP contribution in [0.3, 0.4) is 0 Å². The molecule has 0 spiro atoms. The number of urea groups is 1. The molecule has 2 atom stereocenters. The molecule has 2 saturated carbocycles. The minimum absolute atomic E-state index is 0.0387. The van der Waals surface area contributed by atoms with Gasteiger partial charge >= 0.3 is 6.03 Å². The van der Waals surface area contributed by atoms with Crippen LogP contribution in [-0.2, 0) is 9.53 Å². The number of amides is 4. The number of piperazine rings is 1. The summed E-state index contributed by atoms with van der Waals surface area (Å²) in [6.45, 7) is 7.70. The molecule has 0 bridgehead atoms. The quantitative estimate of drug-likeness (QED) is 0.153. The summed E-state index contributed by atoms with van der Waals surface area (Å²) >= 11 is 0. The molecule has 5 aromatic rings. The number of rotatable bonds is 9. The third kappa shape index (κ3) is 7.95. The molecule has 0 unspecified atom stereocenters. The van der Waals surface area contributed by atoms with Crippen LogP contribution in [0.5, 0.6) is 5.75 Å². The lowest BCUT2D eigenvalue weighted by atomic mass is 9.85. The monoisotopic (exact) mass is 838 g/mol. The number of hydrogen-bond acceptors (Lipinski definition) is 11. The number of ether oxygens (including phenoxy) is 1. The Balaban J connectivity index is 0.719. The number of phenols is 1. The SMILES string of the molecule is C[C@@H]1CO[C@H](c2ccc(C(=O)N3CCN(CC4CCC(n5cc(C6CC6)c6cc(N7CCC(=O)NC7=O)cnc65)CC4)CC3)cc2)CN1c1cc(-c2ccccc2O)nnc1N. The molecular weight excluding hydrogens is 785 g/mol. The molecule has 10 rings (SSSR count). The van der Waals surface area contributed by atoms with E-state index in [0.717, 1.165) is 73.3 Å². The third-order valence-corrected chi connectivity index (χ3v) is 13.7. The number of carbonyl (C=O) groups is 3. The van der Waals surface area contributed by atoms with Crippen LogP contribution in [0.25, 0.3) is 22.3 Å². The number of nitrogens with one attached hydrogen (secondary N) is 1. The molecule has 15 heteroatoms. The molecule has 6 heterocycles.